The van der Waals surface area contributed by atoms with Gasteiger partial charge in [-0.2, -0.15) is 0 Å². The van der Waals surface area contributed by atoms with E-state index < -0.39 is 0 Å². The van der Waals surface area contributed by atoms with E-state index in [0.717, 1.165) is 26.2 Å². The molecule has 0 aromatic heterocycles. The van der Waals surface area contributed by atoms with Gasteiger partial charge in [-0.25, -0.2) is 4.39 Å². The Balaban J connectivity index is 2.25. The van der Waals surface area contributed by atoms with E-state index in [2.05, 4.69) is 10.2 Å². The molecule has 0 aliphatic heterocycles. The lowest BCUT2D eigenvalue weighted by Crippen LogP contribution is -2.31. The number of hydrogen-bond donors (Lipinski definition) is 1. The number of likely N-dealkylation sites (N-methyl/N-ethyl adjacent to an activating group) is 1. The normalized spacial score (nSPS) is 11.2. The highest BCUT2D eigenvalue weighted by Crippen LogP contribution is 2.18. The van der Waals surface area contributed by atoms with Gasteiger partial charge in [0.1, 0.15) is 5.82 Å². The van der Waals surface area contributed by atoms with Crippen molar-refractivity contribution in [3.05, 3.63) is 34.6 Å². The minimum Gasteiger partial charge on any atom is -0.383 e. The van der Waals surface area contributed by atoms with Crippen LogP contribution in [-0.2, 0) is 11.3 Å². The van der Waals surface area contributed by atoms with Crippen LogP contribution in [0.1, 0.15) is 5.56 Å². The average Bonchev–Trinajstić information content (AvgIpc) is 2.35. The first kappa shape index (κ1) is 15.4. The lowest BCUT2D eigenvalue weighted by Gasteiger charge is -2.16. The molecule has 18 heavy (non-hydrogen) atoms. The second kappa shape index (κ2) is 8.43. The van der Waals surface area contributed by atoms with Crippen LogP contribution < -0.4 is 5.32 Å². The summed E-state index contributed by atoms with van der Waals surface area (Å²) in [6, 6.07) is 4.74. The molecule has 0 heterocycles. The number of hydrogen-bond acceptors (Lipinski definition) is 3. The zero-order valence-electron chi connectivity index (χ0n) is 10.9. The SMILES string of the molecule is COCCN(C)CCNCc1c(F)cccc1Cl. The van der Waals surface area contributed by atoms with Crippen molar-refractivity contribution >= 4 is 11.6 Å². The summed E-state index contributed by atoms with van der Waals surface area (Å²) in [5.41, 5.74) is 0.527. The Kier molecular flexibility index (Phi) is 7.20. The summed E-state index contributed by atoms with van der Waals surface area (Å²) in [7, 11) is 3.71. The molecule has 0 aliphatic rings. The predicted molar refractivity (Wildman–Crippen MR) is 72.5 cm³/mol. The summed E-state index contributed by atoms with van der Waals surface area (Å²) in [6.45, 7) is 3.72. The van der Waals surface area contributed by atoms with Crippen molar-refractivity contribution in [2.75, 3.05) is 40.4 Å². The van der Waals surface area contributed by atoms with Gasteiger partial charge in [0.15, 0.2) is 0 Å². The van der Waals surface area contributed by atoms with E-state index in [9.17, 15) is 4.39 Å². The van der Waals surface area contributed by atoms with Crippen LogP contribution in [0.3, 0.4) is 0 Å². The minimum absolute atomic E-state index is 0.261. The lowest BCUT2D eigenvalue weighted by atomic mass is 10.2. The van der Waals surface area contributed by atoms with E-state index in [1.54, 1.807) is 19.2 Å². The smallest absolute Gasteiger partial charge is 0.129 e. The zero-order chi connectivity index (χ0) is 13.4. The van der Waals surface area contributed by atoms with Crippen LogP contribution in [0.15, 0.2) is 18.2 Å². The minimum atomic E-state index is -0.261. The van der Waals surface area contributed by atoms with Crippen LogP contribution in [0.2, 0.25) is 5.02 Å². The van der Waals surface area contributed by atoms with Crippen LogP contribution in [0.5, 0.6) is 0 Å². The van der Waals surface area contributed by atoms with Crippen molar-refractivity contribution < 1.29 is 9.13 Å². The maximum atomic E-state index is 13.5. The Morgan fingerprint density at radius 3 is 2.83 bits per heavy atom. The van der Waals surface area contributed by atoms with Crippen molar-refractivity contribution in [3.8, 4) is 0 Å². The summed E-state index contributed by atoms with van der Waals surface area (Å²) < 4.78 is 18.4. The summed E-state index contributed by atoms with van der Waals surface area (Å²) in [6.07, 6.45) is 0. The quantitative estimate of drug-likeness (QED) is 0.735. The molecule has 5 heteroatoms. The zero-order valence-corrected chi connectivity index (χ0v) is 11.6. The molecule has 0 saturated heterocycles. The van der Waals surface area contributed by atoms with Crippen LogP contribution in [-0.4, -0.2) is 45.3 Å². The monoisotopic (exact) mass is 274 g/mol. The van der Waals surface area contributed by atoms with Gasteiger partial charge in [-0.05, 0) is 19.2 Å². The Bertz CT molecular complexity index is 343. The molecule has 0 fully saturated rings. The Morgan fingerprint density at radius 2 is 2.17 bits per heavy atom. The molecule has 0 saturated carbocycles. The van der Waals surface area contributed by atoms with Gasteiger partial charge in [0.05, 0.1) is 6.61 Å². The van der Waals surface area contributed by atoms with Crippen LogP contribution >= 0.6 is 11.6 Å². The van der Waals surface area contributed by atoms with E-state index >= 15 is 0 Å². The van der Waals surface area contributed by atoms with Crippen molar-refractivity contribution in [1.29, 1.82) is 0 Å². The molecule has 3 nitrogen and oxygen atoms in total. The molecule has 0 atom stereocenters. The van der Waals surface area contributed by atoms with Gasteiger partial charge in [-0.1, -0.05) is 17.7 Å². The van der Waals surface area contributed by atoms with Gasteiger partial charge in [0.25, 0.3) is 0 Å². The molecule has 1 N–H and O–H groups in total. The Hall–Kier alpha value is -0.680. The fraction of sp³-hybridized carbons (Fsp3) is 0.538. The molecule has 0 bridgehead atoms. The van der Waals surface area contributed by atoms with Crippen molar-refractivity contribution in [2.45, 2.75) is 6.54 Å². The number of ether oxygens (including phenoxy) is 1. The molecule has 0 aliphatic carbocycles. The number of methoxy groups -OCH3 is 1. The second-order valence-electron chi connectivity index (χ2n) is 4.17. The third-order valence-corrected chi connectivity index (χ3v) is 3.07. The summed E-state index contributed by atoms with van der Waals surface area (Å²) in [5, 5.41) is 3.65. The molecule has 1 aromatic carbocycles. The van der Waals surface area contributed by atoms with Gasteiger partial charge < -0.3 is 15.0 Å². The van der Waals surface area contributed by atoms with Gasteiger partial charge >= 0.3 is 0 Å². The highest BCUT2D eigenvalue weighted by atomic mass is 35.5. The first-order chi connectivity index (χ1) is 8.65. The lowest BCUT2D eigenvalue weighted by molar-refractivity contribution is 0.161. The molecule has 0 radical (unpaired) electrons. The van der Waals surface area contributed by atoms with Crippen molar-refractivity contribution in [1.82, 2.24) is 10.2 Å². The second-order valence-corrected chi connectivity index (χ2v) is 4.58. The summed E-state index contributed by atoms with van der Waals surface area (Å²) >= 11 is 5.93. The molecule has 0 amide bonds. The molecular formula is C13H20ClFN2O. The fourth-order valence-electron chi connectivity index (χ4n) is 1.54. The maximum absolute atomic E-state index is 13.5. The molecule has 1 aromatic rings. The Labute approximate surface area is 113 Å². The third kappa shape index (κ3) is 5.31. The summed E-state index contributed by atoms with van der Waals surface area (Å²) in [4.78, 5) is 2.15. The number of nitrogens with zero attached hydrogens (tertiary/aromatic N) is 1. The molecule has 102 valence electrons. The first-order valence-corrected chi connectivity index (χ1v) is 6.34. The highest BCUT2D eigenvalue weighted by Gasteiger charge is 2.06. The van der Waals surface area contributed by atoms with E-state index in [-0.39, 0.29) is 5.82 Å². The van der Waals surface area contributed by atoms with E-state index in [4.69, 9.17) is 16.3 Å². The highest BCUT2D eigenvalue weighted by molar-refractivity contribution is 6.31. The van der Waals surface area contributed by atoms with Crippen molar-refractivity contribution in [3.63, 3.8) is 0 Å². The standard InChI is InChI=1S/C13H20ClFN2O/c1-17(8-9-18-2)7-6-16-10-11-12(14)4-3-5-13(11)15/h3-5,16H,6-10H2,1-2H3. The maximum Gasteiger partial charge on any atom is 0.129 e. The molecular weight excluding hydrogens is 255 g/mol. The van der Waals surface area contributed by atoms with Crippen LogP contribution in [0.4, 0.5) is 4.39 Å². The number of benzene rings is 1. The topological polar surface area (TPSA) is 24.5 Å². The van der Waals surface area contributed by atoms with Crippen LogP contribution in [0, 0.1) is 5.82 Å². The first-order valence-electron chi connectivity index (χ1n) is 5.96. The fourth-order valence-corrected chi connectivity index (χ4v) is 1.77. The van der Waals surface area contributed by atoms with E-state index in [1.165, 1.54) is 6.07 Å². The van der Waals surface area contributed by atoms with Gasteiger partial charge in [-0.3, -0.25) is 0 Å². The largest absolute Gasteiger partial charge is 0.383 e. The third-order valence-electron chi connectivity index (χ3n) is 2.71. The van der Waals surface area contributed by atoms with Crippen molar-refractivity contribution in [2.24, 2.45) is 0 Å². The van der Waals surface area contributed by atoms with E-state index in [0.29, 0.717) is 17.1 Å². The van der Waals surface area contributed by atoms with Gasteiger partial charge in [0, 0.05) is 43.9 Å². The molecule has 0 spiro atoms. The Morgan fingerprint density at radius 1 is 1.39 bits per heavy atom. The molecule has 0 unspecified atom stereocenters. The average molecular weight is 275 g/mol. The number of rotatable bonds is 8. The number of halogens is 2. The van der Waals surface area contributed by atoms with Gasteiger partial charge in [-0.15, -0.1) is 0 Å². The summed E-state index contributed by atoms with van der Waals surface area (Å²) in [5.74, 6) is -0.261. The predicted octanol–water partition coefficient (Wildman–Crippen LogP) is 2.15. The van der Waals surface area contributed by atoms with Gasteiger partial charge in [0.2, 0.25) is 0 Å². The van der Waals surface area contributed by atoms with E-state index in [1.807, 2.05) is 7.05 Å². The number of nitrogens with one attached hydrogen (secondary N) is 1. The van der Waals surface area contributed by atoms with Crippen LogP contribution in [0.25, 0.3) is 0 Å². The molecule has 1 rings (SSSR count).